The molecule has 0 spiro atoms. The number of hydrogen-bond acceptors (Lipinski definition) is 2. The van der Waals surface area contributed by atoms with E-state index in [0.29, 0.717) is 0 Å². The maximum absolute atomic E-state index is 3.53. The monoisotopic (exact) mass is 239 g/mol. The van der Waals surface area contributed by atoms with Crippen molar-refractivity contribution in [1.82, 2.24) is 5.32 Å². The van der Waals surface area contributed by atoms with Gasteiger partial charge in [-0.15, -0.1) is 11.3 Å². The van der Waals surface area contributed by atoms with Gasteiger partial charge in [-0.2, -0.15) is 0 Å². The van der Waals surface area contributed by atoms with Crippen LogP contribution in [0.1, 0.15) is 48.9 Å². The van der Waals surface area contributed by atoms with E-state index in [2.05, 4.69) is 46.0 Å². The van der Waals surface area contributed by atoms with Crippen LogP contribution in [0.3, 0.4) is 0 Å². The number of nitrogens with one attached hydrogen (secondary N) is 1. The fourth-order valence-electron chi connectivity index (χ4n) is 1.84. The van der Waals surface area contributed by atoms with Gasteiger partial charge in [-0.3, -0.25) is 0 Å². The van der Waals surface area contributed by atoms with E-state index in [1.165, 1.54) is 29.0 Å². The molecule has 92 valence electrons. The maximum Gasteiger partial charge on any atom is 0.00965 e. The van der Waals surface area contributed by atoms with Crippen molar-refractivity contribution in [2.24, 2.45) is 0 Å². The molecular weight excluding hydrogens is 214 g/mol. The molecule has 2 heteroatoms. The van der Waals surface area contributed by atoms with Gasteiger partial charge in [0.1, 0.15) is 0 Å². The quantitative estimate of drug-likeness (QED) is 0.764. The summed E-state index contributed by atoms with van der Waals surface area (Å²) in [5.41, 5.74) is 1.81. The predicted molar refractivity (Wildman–Crippen MR) is 74.5 cm³/mol. The van der Waals surface area contributed by atoms with Crippen LogP contribution in [0.5, 0.6) is 0 Å². The molecule has 16 heavy (non-hydrogen) atoms. The second-order valence-electron chi connectivity index (χ2n) is 5.57. The van der Waals surface area contributed by atoms with Crippen LogP contribution in [0.2, 0.25) is 0 Å². The normalized spacial score (nSPS) is 12.1. The maximum atomic E-state index is 3.53. The summed E-state index contributed by atoms with van der Waals surface area (Å²) in [6.45, 7) is 12.2. The van der Waals surface area contributed by atoms with Crippen molar-refractivity contribution in [3.8, 4) is 0 Å². The van der Waals surface area contributed by atoms with Gasteiger partial charge in [0.05, 0.1) is 0 Å². The molecule has 0 aliphatic heterocycles. The summed E-state index contributed by atoms with van der Waals surface area (Å²) in [4.78, 5) is 2.95. The van der Waals surface area contributed by atoms with E-state index in [0.717, 1.165) is 6.54 Å². The van der Waals surface area contributed by atoms with Crippen molar-refractivity contribution < 1.29 is 0 Å². The van der Waals surface area contributed by atoms with Gasteiger partial charge in [-0.25, -0.2) is 0 Å². The summed E-state index contributed by atoms with van der Waals surface area (Å²) >= 11 is 1.92. The lowest BCUT2D eigenvalue weighted by Crippen LogP contribution is -2.36. The highest BCUT2D eigenvalue weighted by Gasteiger charge is 2.07. The molecule has 0 unspecified atom stereocenters. The van der Waals surface area contributed by atoms with E-state index < -0.39 is 0 Å². The summed E-state index contributed by atoms with van der Waals surface area (Å²) in [6.07, 6.45) is 3.80. The molecule has 0 aliphatic carbocycles. The van der Waals surface area contributed by atoms with Crippen LogP contribution in [0, 0.1) is 13.8 Å². The van der Waals surface area contributed by atoms with Crippen LogP contribution in [0.4, 0.5) is 0 Å². The Kier molecular flexibility index (Phi) is 5.00. The minimum atomic E-state index is 0.259. The van der Waals surface area contributed by atoms with Crippen LogP contribution in [-0.2, 0) is 6.42 Å². The first-order chi connectivity index (χ1) is 7.38. The minimum Gasteiger partial charge on any atom is -0.312 e. The zero-order chi connectivity index (χ0) is 12.2. The average Bonchev–Trinajstić information content (AvgIpc) is 2.42. The lowest BCUT2D eigenvalue weighted by Gasteiger charge is -2.20. The molecule has 0 aliphatic rings. The average molecular weight is 239 g/mol. The van der Waals surface area contributed by atoms with Crippen molar-refractivity contribution in [1.29, 1.82) is 0 Å². The fraction of sp³-hybridized carbons (Fsp3) is 0.714. The number of aryl methyl sites for hydroxylation is 3. The largest absolute Gasteiger partial charge is 0.312 e. The van der Waals surface area contributed by atoms with Crippen LogP contribution in [0.15, 0.2) is 6.07 Å². The highest BCUT2D eigenvalue weighted by molar-refractivity contribution is 7.12. The molecular formula is C14H25NS. The van der Waals surface area contributed by atoms with Gasteiger partial charge >= 0.3 is 0 Å². The van der Waals surface area contributed by atoms with Crippen molar-refractivity contribution >= 4 is 11.3 Å². The molecule has 0 saturated carbocycles. The lowest BCUT2D eigenvalue weighted by molar-refractivity contribution is 0.419. The van der Waals surface area contributed by atoms with Gasteiger partial charge in [-0.1, -0.05) is 0 Å². The van der Waals surface area contributed by atoms with Crippen molar-refractivity contribution in [3.05, 3.63) is 21.4 Å². The second kappa shape index (κ2) is 5.83. The van der Waals surface area contributed by atoms with E-state index in [1.54, 1.807) is 5.56 Å². The summed E-state index contributed by atoms with van der Waals surface area (Å²) in [5.74, 6) is 0. The summed E-state index contributed by atoms with van der Waals surface area (Å²) in [6, 6.07) is 2.34. The highest BCUT2D eigenvalue weighted by atomic mass is 32.1. The van der Waals surface area contributed by atoms with Gasteiger partial charge in [0.25, 0.3) is 0 Å². The summed E-state index contributed by atoms with van der Waals surface area (Å²) in [7, 11) is 0. The molecule has 0 fully saturated rings. The number of hydrogen-bond donors (Lipinski definition) is 1. The third-order valence-electron chi connectivity index (χ3n) is 2.67. The van der Waals surface area contributed by atoms with E-state index in [4.69, 9.17) is 0 Å². The Balaban J connectivity index is 2.19. The number of rotatable bonds is 5. The van der Waals surface area contributed by atoms with Crippen LogP contribution < -0.4 is 5.32 Å². The first kappa shape index (κ1) is 13.7. The van der Waals surface area contributed by atoms with Crippen LogP contribution >= 0.6 is 11.3 Å². The number of thiophene rings is 1. The van der Waals surface area contributed by atoms with Gasteiger partial charge < -0.3 is 5.32 Å². The Hall–Kier alpha value is -0.340. The Labute approximate surface area is 104 Å². The second-order valence-corrected chi connectivity index (χ2v) is 7.03. The fourth-order valence-corrected chi connectivity index (χ4v) is 2.81. The smallest absolute Gasteiger partial charge is 0.00965 e. The van der Waals surface area contributed by atoms with Gasteiger partial charge in [0.2, 0.25) is 0 Å². The molecule has 1 heterocycles. The van der Waals surface area contributed by atoms with E-state index in [1.807, 2.05) is 11.3 Å². The third-order valence-corrected chi connectivity index (χ3v) is 3.68. The molecule has 0 amide bonds. The van der Waals surface area contributed by atoms with Gasteiger partial charge in [-0.05, 0) is 72.1 Å². The van der Waals surface area contributed by atoms with Gasteiger partial charge in [0.15, 0.2) is 0 Å². The molecule has 0 aromatic carbocycles. The molecule has 1 aromatic rings. The van der Waals surface area contributed by atoms with Crippen molar-refractivity contribution in [2.45, 2.75) is 59.4 Å². The lowest BCUT2D eigenvalue weighted by atomic mass is 10.1. The number of unbranched alkanes of at least 4 members (excludes halogenated alkanes) is 1. The Morgan fingerprint density at radius 3 is 2.38 bits per heavy atom. The first-order valence-corrected chi connectivity index (χ1v) is 7.01. The Morgan fingerprint density at radius 1 is 1.19 bits per heavy atom. The first-order valence-electron chi connectivity index (χ1n) is 6.19. The summed E-state index contributed by atoms with van der Waals surface area (Å²) in [5, 5.41) is 3.53. The zero-order valence-electron chi connectivity index (χ0n) is 11.3. The van der Waals surface area contributed by atoms with Gasteiger partial charge in [0, 0.05) is 15.3 Å². The van der Waals surface area contributed by atoms with Crippen LogP contribution in [-0.4, -0.2) is 12.1 Å². The molecule has 1 rings (SSSR count). The Bertz CT molecular complexity index is 320. The Morgan fingerprint density at radius 2 is 1.88 bits per heavy atom. The minimum absolute atomic E-state index is 0.259. The SMILES string of the molecule is Cc1cc(CCCCNC(C)(C)C)c(C)s1. The third kappa shape index (κ3) is 5.13. The van der Waals surface area contributed by atoms with Crippen molar-refractivity contribution in [3.63, 3.8) is 0 Å². The highest BCUT2D eigenvalue weighted by Crippen LogP contribution is 2.22. The van der Waals surface area contributed by atoms with E-state index in [-0.39, 0.29) is 5.54 Å². The summed E-state index contributed by atoms with van der Waals surface area (Å²) < 4.78 is 0. The topological polar surface area (TPSA) is 12.0 Å². The van der Waals surface area contributed by atoms with Crippen molar-refractivity contribution in [2.75, 3.05) is 6.54 Å². The molecule has 0 saturated heterocycles. The van der Waals surface area contributed by atoms with Crippen LogP contribution in [0.25, 0.3) is 0 Å². The standard InChI is InChI=1S/C14H25NS/c1-11-10-13(12(2)16-11)8-6-7-9-15-14(3,4)5/h10,15H,6-9H2,1-5H3. The molecule has 1 nitrogen and oxygen atoms in total. The predicted octanol–water partition coefficient (Wildman–Crippen LogP) is 4.08. The van der Waals surface area contributed by atoms with E-state index >= 15 is 0 Å². The molecule has 1 aromatic heterocycles. The molecule has 1 N–H and O–H groups in total. The van der Waals surface area contributed by atoms with E-state index in [9.17, 15) is 0 Å². The molecule has 0 atom stereocenters. The molecule has 0 bridgehead atoms. The zero-order valence-corrected chi connectivity index (χ0v) is 12.1. The molecule has 0 radical (unpaired) electrons.